The maximum absolute atomic E-state index is 12.7. The van der Waals surface area contributed by atoms with Crippen LogP contribution in [0.2, 0.25) is 0 Å². The van der Waals surface area contributed by atoms with Crippen molar-refractivity contribution in [1.29, 1.82) is 0 Å². The van der Waals surface area contributed by atoms with E-state index in [1.54, 1.807) is 6.92 Å². The van der Waals surface area contributed by atoms with Gasteiger partial charge in [0.1, 0.15) is 0 Å². The van der Waals surface area contributed by atoms with Crippen LogP contribution in [0.3, 0.4) is 0 Å². The molecular weight excluding hydrogens is 290 g/mol. The van der Waals surface area contributed by atoms with Crippen LogP contribution in [0, 0.1) is 17.3 Å². The number of nitrogens with one attached hydrogen (secondary N) is 1. The molecule has 1 N–H and O–H groups in total. The third-order valence-corrected chi connectivity index (χ3v) is 5.87. The van der Waals surface area contributed by atoms with E-state index in [1.165, 1.54) is 6.42 Å². The molecule has 4 fully saturated rings. The maximum atomic E-state index is 12.7. The van der Waals surface area contributed by atoms with Crippen molar-refractivity contribution in [3.63, 3.8) is 0 Å². The second-order valence-electron chi connectivity index (χ2n) is 7.33. The monoisotopic (exact) mass is 313 g/mol. The van der Waals surface area contributed by atoms with Gasteiger partial charge in [0.15, 0.2) is 6.10 Å². The lowest BCUT2D eigenvalue weighted by atomic mass is 9.49. The van der Waals surface area contributed by atoms with Crippen molar-refractivity contribution in [2.75, 3.05) is 6.54 Å². The Hall–Kier alpha value is -0.770. The predicted molar refractivity (Wildman–Crippen MR) is 79.9 cm³/mol. The smallest absolute Gasteiger partial charge is 0.312 e. The van der Waals surface area contributed by atoms with Crippen LogP contribution in [0.5, 0.6) is 0 Å². The zero-order valence-corrected chi connectivity index (χ0v) is 13.5. The Balaban J connectivity index is 1.71. The van der Waals surface area contributed by atoms with Crippen molar-refractivity contribution in [3.05, 3.63) is 0 Å². The zero-order chi connectivity index (χ0) is 15.3. The molecule has 0 spiro atoms. The number of alkyl halides is 1. The number of carbonyl (C=O) groups excluding carboxylic acids is 2. The Morgan fingerprint density at radius 3 is 2.43 bits per heavy atom. The fraction of sp³-hybridized carbons (Fsp3) is 0.875. The second-order valence-corrected chi connectivity index (χ2v) is 8.14. The zero-order valence-electron chi connectivity index (χ0n) is 12.8. The summed E-state index contributed by atoms with van der Waals surface area (Å²) in [6.07, 6.45) is 5.04. The molecule has 4 aliphatic carbocycles. The van der Waals surface area contributed by atoms with Crippen LogP contribution in [0.25, 0.3) is 0 Å². The molecule has 21 heavy (non-hydrogen) atoms. The molecule has 1 amide bonds. The number of rotatable bonds is 4. The molecule has 118 valence electrons. The van der Waals surface area contributed by atoms with Gasteiger partial charge in [0.05, 0.1) is 5.41 Å². The number of carbonyl (C=O) groups is 2. The Kier molecular flexibility index (Phi) is 3.71. The predicted octanol–water partition coefficient (Wildman–Crippen LogP) is 2.63. The Labute approximate surface area is 130 Å². The van der Waals surface area contributed by atoms with Gasteiger partial charge in [-0.3, -0.25) is 9.59 Å². The van der Waals surface area contributed by atoms with Crippen molar-refractivity contribution in [2.24, 2.45) is 17.3 Å². The summed E-state index contributed by atoms with van der Waals surface area (Å²) in [5.41, 5.74) is -0.438. The first kappa shape index (κ1) is 15.1. The van der Waals surface area contributed by atoms with E-state index in [0.717, 1.165) is 32.1 Å². The average Bonchev–Trinajstić information content (AvgIpc) is 2.35. The highest BCUT2D eigenvalue weighted by molar-refractivity contribution is 6.24. The number of hydrogen-bond donors (Lipinski definition) is 1. The van der Waals surface area contributed by atoms with E-state index in [0.29, 0.717) is 18.4 Å². The molecule has 0 aromatic heterocycles. The van der Waals surface area contributed by atoms with Crippen LogP contribution in [0.15, 0.2) is 0 Å². The Bertz CT molecular complexity index is 450. The molecule has 4 rings (SSSR count). The maximum Gasteiger partial charge on any atom is 0.312 e. The van der Waals surface area contributed by atoms with Crippen LogP contribution in [0.4, 0.5) is 0 Å². The van der Waals surface area contributed by atoms with Gasteiger partial charge in [-0.1, -0.05) is 0 Å². The first-order chi connectivity index (χ1) is 9.86. The average molecular weight is 314 g/mol. The van der Waals surface area contributed by atoms with Crippen molar-refractivity contribution in [1.82, 2.24) is 5.32 Å². The standard InChI is InChI=1S/C16H24ClNO3/c1-3-18-13(19)10(2)21-14(20)15-5-11-4-12(6-15)8-16(17,7-11)9-15/h10-12H,3-9H2,1-2H3,(H,18,19)/t10-,11-,12+,15?,16?/m1/s1. The van der Waals surface area contributed by atoms with Gasteiger partial charge in [-0.25, -0.2) is 0 Å². The summed E-state index contributed by atoms with van der Waals surface area (Å²) < 4.78 is 5.48. The molecule has 4 saturated carbocycles. The topological polar surface area (TPSA) is 55.4 Å². The summed E-state index contributed by atoms with van der Waals surface area (Å²) in [7, 11) is 0. The fourth-order valence-corrected chi connectivity index (χ4v) is 5.74. The SMILES string of the molecule is CCNC(=O)[C@@H](C)OC(=O)C12C[C@@H]3C[C@@H](CC(Cl)(C3)C1)C2. The summed E-state index contributed by atoms with van der Waals surface area (Å²) >= 11 is 6.73. The Morgan fingerprint density at radius 2 is 1.90 bits per heavy atom. The summed E-state index contributed by atoms with van der Waals surface area (Å²) in [6.45, 7) is 4.03. The number of esters is 1. The minimum atomic E-state index is -0.725. The molecule has 4 bridgehead atoms. The summed E-state index contributed by atoms with van der Waals surface area (Å²) in [5, 5.41) is 2.69. The van der Waals surface area contributed by atoms with E-state index in [1.807, 2.05) is 6.92 Å². The number of amides is 1. The number of halogens is 1. The van der Waals surface area contributed by atoms with Gasteiger partial charge in [0.25, 0.3) is 5.91 Å². The molecular formula is C16H24ClNO3. The first-order valence-corrected chi connectivity index (χ1v) is 8.41. The van der Waals surface area contributed by atoms with E-state index < -0.39 is 11.5 Å². The van der Waals surface area contributed by atoms with Crippen LogP contribution < -0.4 is 5.32 Å². The highest BCUT2D eigenvalue weighted by Crippen LogP contribution is 2.64. The molecule has 0 heterocycles. The molecule has 0 saturated heterocycles. The van der Waals surface area contributed by atoms with Crippen molar-refractivity contribution < 1.29 is 14.3 Å². The second kappa shape index (κ2) is 5.15. The van der Waals surface area contributed by atoms with Crippen molar-refractivity contribution >= 4 is 23.5 Å². The third-order valence-electron chi connectivity index (χ3n) is 5.43. The van der Waals surface area contributed by atoms with Crippen molar-refractivity contribution in [3.8, 4) is 0 Å². The molecule has 0 aromatic carbocycles. The van der Waals surface area contributed by atoms with Gasteiger partial charge in [-0.2, -0.15) is 0 Å². The van der Waals surface area contributed by atoms with Crippen LogP contribution in [0.1, 0.15) is 52.4 Å². The minimum absolute atomic E-state index is 0.208. The largest absolute Gasteiger partial charge is 0.452 e. The van der Waals surface area contributed by atoms with E-state index in [4.69, 9.17) is 16.3 Å². The molecule has 5 atom stereocenters. The number of likely N-dealkylation sites (N-methyl/N-ethyl adjacent to an activating group) is 1. The van der Waals surface area contributed by atoms with E-state index >= 15 is 0 Å². The van der Waals surface area contributed by atoms with Gasteiger partial charge >= 0.3 is 5.97 Å². The molecule has 4 aliphatic rings. The first-order valence-electron chi connectivity index (χ1n) is 8.03. The van der Waals surface area contributed by atoms with Crippen molar-refractivity contribution in [2.45, 2.75) is 63.4 Å². The molecule has 5 heteroatoms. The number of hydrogen-bond acceptors (Lipinski definition) is 3. The lowest BCUT2D eigenvalue weighted by Crippen LogP contribution is -2.57. The van der Waals surface area contributed by atoms with Crippen LogP contribution in [-0.4, -0.2) is 29.4 Å². The van der Waals surface area contributed by atoms with Gasteiger partial charge in [0.2, 0.25) is 0 Å². The summed E-state index contributed by atoms with van der Waals surface area (Å²) in [4.78, 5) is 24.2. The highest BCUT2D eigenvalue weighted by Gasteiger charge is 2.61. The summed E-state index contributed by atoms with van der Waals surface area (Å²) in [5.74, 6) is 0.670. The third kappa shape index (κ3) is 2.67. The van der Waals surface area contributed by atoms with Gasteiger partial charge in [0, 0.05) is 11.4 Å². The van der Waals surface area contributed by atoms with Crippen LogP contribution in [-0.2, 0) is 14.3 Å². The molecule has 4 nitrogen and oxygen atoms in total. The van der Waals surface area contributed by atoms with Gasteiger partial charge < -0.3 is 10.1 Å². The van der Waals surface area contributed by atoms with E-state index in [9.17, 15) is 9.59 Å². The fourth-order valence-electron chi connectivity index (χ4n) is 5.05. The normalized spacial score (nSPS) is 41.7. The van der Waals surface area contributed by atoms with E-state index in [2.05, 4.69) is 5.32 Å². The highest BCUT2D eigenvalue weighted by atomic mass is 35.5. The van der Waals surface area contributed by atoms with Gasteiger partial charge in [-0.05, 0) is 64.2 Å². The summed E-state index contributed by atoms with van der Waals surface area (Å²) in [6, 6.07) is 0. The Morgan fingerprint density at radius 1 is 1.29 bits per heavy atom. The van der Waals surface area contributed by atoms with Crippen LogP contribution >= 0.6 is 11.6 Å². The lowest BCUT2D eigenvalue weighted by molar-refractivity contribution is -0.177. The minimum Gasteiger partial charge on any atom is -0.452 e. The quantitative estimate of drug-likeness (QED) is 0.641. The lowest BCUT2D eigenvalue weighted by Gasteiger charge is -2.58. The molecule has 0 aromatic rings. The molecule has 0 aliphatic heterocycles. The number of ether oxygens (including phenoxy) is 1. The van der Waals surface area contributed by atoms with E-state index in [-0.39, 0.29) is 16.8 Å². The molecule has 2 unspecified atom stereocenters. The van der Waals surface area contributed by atoms with Gasteiger partial charge in [-0.15, -0.1) is 11.6 Å². The molecule has 0 radical (unpaired) electrons.